The molecule has 2 heteroatoms. The Hall–Kier alpha value is -1.44. The first-order valence-electron chi connectivity index (χ1n) is 5.56. The van der Waals surface area contributed by atoms with Gasteiger partial charge in [0, 0.05) is 5.56 Å². The van der Waals surface area contributed by atoms with Crippen molar-refractivity contribution in [2.75, 3.05) is 0 Å². The SMILES string of the molecule is CC(C)(C)c1ccc2c(c1)C(=O)C(C=O)C2. The van der Waals surface area contributed by atoms with E-state index < -0.39 is 5.92 Å². The van der Waals surface area contributed by atoms with E-state index in [0.29, 0.717) is 6.42 Å². The molecule has 0 aliphatic heterocycles. The Morgan fingerprint density at radius 3 is 2.56 bits per heavy atom. The zero-order chi connectivity index (χ0) is 11.9. The quantitative estimate of drug-likeness (QED) is 0.534. The van der Waals surface area contributed by atoms with Crippen LogP contribution in [0.5, 0.6) is 0 Å². The van der Waals surface area contributed by atoms with Crippen LogP contribution in [0.4, 0.5) is 0 Å². The molecule has 0 heterocycles. The third-order valence-electron chi connectivity index (χ3n) is 3.18. The van der Waals surface area contributed by atoms with Gasteiger partial charge < -0.3 is 4.79 Å². The Morgan fingerprint density at radius 1 is 1.31 bits per heavy atom. The summed E-state index contributed by atoms with van der Waals surface area (Å²) >= 11 is 0. The first kappa shape index (κ1) is 11.1. The van der Waals surface area contributed by atoms with Crippen molar-refractivity contribution >= 4 is 12.1 Å². The van der Waals surface area contributed by atoms with E-state index in [0.717, 1.165) is 23.0 Å². The molecule has 0 aromatic heterocycles. The smallest absolute Gasteiger partial charge is 0.173 e. The highest BCUT2D eigenvalue weighted by Crippen LogP contribution is 2.30. The van der Waals surface area contributed by atoms with Gasteiger partial charge in [0.25, 0.3) is 0 Å². The summed E-state index contributed by atoms with van der Waals surface area (Å²) in [6.45, 7) is 6.35. The van der Waals surface area contributed by atoms with Gasteiger partial charge in [-0.05, 0) is 29.0 Å². The van der Waals surface area contributed by atoms with Crippen LogP contribution < -0.4 is 0 Å². The van der Waals surface area contributed by atoms with Crippen LogP contribution in [-0.2, 0) is 16.6 Å². The van der Waals surface area contributed by atoms with Gasteiger partial charge in [-0.3, -0.25) is 4.79 Å². The molecule has 0 bridgehead atoms. The molecule has 1 aromatic carbocycles. The molecule has 16 heavy (non-hydrogen) atoms. The van der Waals surface area contributed by atoms with Crippen LogP contribution in [0, 0.1) is 5.92 Å². The second kappa shape index (κ2) is 3.55. The molecule has 0 saturated heterocycles. The molecule has 1 unspecified atom stereocenters. The largest absolute Gasteiger partial charge is 0.303 e. The zero-order valence-corrected chi connectivity index (χ0v) is 9.91. The van der Waals surface area contributed by atoms with Gasteiger partial charge in [0.05, 0.1) is 5.92 Å². The first-order chi connectivity index (χ1) is 7.43. The van der Waals surface area contributed by atoms with E-state index >= 15 is 0 Å². The molecule has 0 saturated carbocycles. The van der Waals surface area contributed by atoms with Crippen LogP contribution in [-0.4, -0.2) is 12.1 Å². The Labute approximate surface area is 95.7 Å². The lowest BCUT2D eigenvalue weighted by Gasteiger charge is -2.19. The lowest BCUT2D eigenvalue weighted by molar-refractivity contribution is -0.109. The van der Waals surface area contributed by atoms with E-state index in [1.807, 2.05) is 12.1 Å². The van der Waals surface area contributed by atoms with Gasteiger partial charge in [-0.25, -0.2) is 0 Å². The van der Waals surface area contributed by atoms with E-state index in [9.17, 15) is 9.59 Å². The summed E-state index contributed by atoms with van der Waals surface area (Å²) in [5.41, 5.74) is 2.93. The van der Waals surface area contributed by atoms with Gasteiger partial charge in [0.2, 0.25) is 0 Å². The fourth-order valence-corrected chi connectivity index (χ4v) is 2.09. The normalized spacial score (nSPS) is 19.7. The number of aldehydes is 1. The van der Waals surface area contributed by atoms with E-state index in [4.69, 9.17) is 0 Å². The summed E-state index contributed by atoms with van der Waals surface area (Å²) in [7, 11) is 0. The molecule has 1 aliphatic rings. The van der Waals surface area contributed by atoms with Crippen molar-refractivity contribution in [3.05, 3.63) is 34.9 Å². The molecule has 0 radical (unpaired) electrons. The number of hydrogen-bond donors (Lipinski definition) is 0. The monoisotopic (exact) mass is 216 g/mol. The number of fused-ring (bicyclic) bond motifs is 1. The predicted molar refractivity (Wildman–Crippen MR) is 62.7 cm³/mol. The van der Waals surface area contributed by atoms with Crippen LogP contribution in [0.25, 0.3) is 0 Å². The minimum Gasteiger partial charge on any atom is -0.303 e. The molecule has 0 fully saturated rings. The molecule has 1 aliphatic carbocycles. The molecule has 0 N–H and O–H groups in total. The highest BCUT2D eigenvalue weighted by Gasteiger charge is 2.31. The molecule has 2 nitrogen and oxygen atoms in total. The first-order valence-corrected chi connectivity index (χ1v) is 5.56. The Balaban J connectivity index is 2.47. The van der Waals surface area contributed by atoms with Crippen molar-refractivity contribution in [1.82, 2.24) is 0 Å². The molecule has 84 valence electrons. The zero-order valence-electron chi connectivity index (χ0n) is 9.91. The standard InChI is InChI=1S/C14H16O2/c1-14(2,3)11-5-4-9-6-10(8-15)13(16)12(9)7-11/h4-5,7-8,10H,6H2,1-3H3. The summed E-state index contributed by atoms with van der Waals surface area (Å²) in [5.74, 6) is -0.471. The Morgan fingerprint density at radius 2 is 2.00 bits per heavy atom. The van der Waals surface area contributed by atoms with E-state index in [2.05, 4.69) is 26.8 Å². The van der Waals surface area contributed by atoms with E-state index in [1.165, 1.54) is 0 Å². The minimum absolute atomic E-state index is 0.0175. The summed E-state index contributed by atoms with van der Waals surface area (Å²) in [4.78, 5) is 22.6. The number of hydrogen-bond acceptors (Lipinski definition) is 2. The van der Waals surface area contributed by atoms with Crippen molar-refractivity contribution in [3.8, 4) is 0 Å². The van der Waals surface area contributed by atoms with Crippen LogP contribution in [0.15, 0.2) is 18.2 Å². The third-order valence-corrected chi connectivity index (χ3v) is 3.18. The number of rotatable bonds is 1. The van der Waals surface area contributed by atoms with Crippen LogP contribution in [0.3, 0.4) is 0 Å². The van der Waals surface area contributed by atoms with Crippen molar-refractivity contribution in [1.29, 1.82) is 0 Å². The van der Waals surface area contributed by atoms with Crippen molar-refractivity contribution in [3.63, 3.8) is 0 Å². The molecule has 2 rings (SSSR count). The van der Waals surface area contributed by atoms with Crippen molar-refractivity contribution in [2.24, 2.45) is 5.92 Å². The average Bonchev–Trinajstić information content (AvgIpc) is 2.54. The van der Waals surface area contributed by atoms with Crippen molar-refractivity contribution in [2.45, 2.75) is 32.6 Å². The number of benzene rings is 1. The number of carbonyl (C=O) groups excluding carboxylic acids is 2. The number of Topliss-reactive ketones (excluding diaryl/α,β-unsaturated/α-hetero) is 1. The van der Waals surface area contributed by atoms with E-state index in [-0.39, 0.29) is 11.2 Å². The molecule has 0 spiro atoms. The Bertz CT molecular complexity index is 452. The van der Waals surface area contributed by atoms with Crippen LogP contribution in [0.2, 0.25) is 0 Å². The maximum Gasteiger partial charge on any atom is 0.173 e. The van der Waals surface area contributed by atoms with Crippen molar-refractivity contribution < 1.29 is 9.59 Å². The summed E-state index contributed by atoms with van der Waals surface area (Å²) in [6, 6.07) is 5.98. The second-order valence-corrected chi connectivity index (χ2v) is 5.43. The topological polar surface area (TPSA) is 34.1 Å². The minimum atomic E-state index is -0.454. The van der Waals surface area contributed by atoms with Crippen LogP contribution >= 0.6 is 0 Å². The summed E-state index contributed by atoms with van der Waals surface area (Å²) < 4.78 is 0. The molecule has 0 amide bonds. The molecule has 1 atom stereocenters. The number of carbonyl (C=O) groups is 2. The lowest BCUT2D eigenvalue weighted by Crippen LogP contribution is -2.13. The highest BCUT2D eigenvalue weighted by atomic mass is 16.1. The van der Waals surface area contributed by atoms with Gasteiger partial charge in [0.15, 0.2) is 5.78 Å². The lowest BCUT2D eigenvalue weighted by atomic mass is 9.85. The predicted octanol–water partition coefficient (Wildman–Crippen LogP) is 2.54. The van der Waals surface area contributed by atoms with Gasteiger partial charge in [-0.1, -0.05) is 32.9 Å². The molecule has 1 aromatic rings. The maximum absolute atomic E-state index is 11.9. The second-order valence-electron chi connectivity index (χ2n) is 5.43. The Kier molecular flexibility index (Phi) is 2.45. The third kappa shape index (κ3) is 1.69. The van der Waals surface area contributed by atoms with E-state index in [1.54, 1.807) is 0 Å². The van der Waals surface area contributed by atoms with Gasteiger partial charge >= 0.3 is 0 Å². The van der Waals surface area contributed by atoms with Gasteiger partial charge in [0.1, 0.15) is 6.29 Å². The highest BCUT2D eigenvalue weighted by molar-refractivity contribution is 6.09. The number of ketones is 1. The fourth-order valence-electron chi connectivity index (χ4n) is 2.09. The van der Waals surface area contributed by atoms with Crippen LogP contribution in [0.1, 0.15) is 42.3 Å². The summed E-state index contributed by atoms with van der Waals surface area (Å²) in [5, 5.41) is 0. The molecular weight excluding hydrogens is 200 g/mol. The van der Waals surface area contributed by atoms with Gasteiger partial charge in [-0.15, -0.1) is 0 Å². The van der Waals surface area contributed by atoms with Gasteiger partial charge in [-0.2, -0.15) is 0 Å². The maximum atomic E-state index is 11.9. The summed E-state index contributed by atoms with van der Waals surface area (Å²) in [6.07, 6.45) is 1.33. The average molecular weight is 216 g/mol. The molecular formula is C14H16O2. The fraction of sp³-hybridized carbons (Fsp3) is 0.429.